The van der Waals surface area contributed by atoms with Gasteiger partial charge in [-0.05, 0) is 51.9 Å². The Morgan fingerprint density at radius 3 is 2.62 bits per heavy atom. The monoisotopic (exact) mass is 289 g/mol. The summed E-state index contributed by atoms with van der Waals surface area (Å²) in [6.45, 7) is 7.54. The Labute approximate surface area is 130 Å². The first-order chi connectivity index (χ1) is 10.2. The summed E-state index contributed by atoms with van der Waals surface area (Å²) in [6.07, 6.45) is 8.10. The summed E-state index contributed by atoms with van der Waals surface area (Å²) < 4.78 is 0. The number of nitrogens with one attached hydrogen (secondary N) is 1. The molecule has 1 aliphatic carbocycles. The van der Waals surface area contributed by atoms with Gasteiger partial charge in [0.1, 0.15) is 0 Å². The normalized spacial score (nSPS) is 18.1. The number of pyridine rings is 1. The maximum absolute atomic E-state index is 4.64. The van der Waals surface area contributed by atoms with Crippen molar-refractivity contribution >= 4 is 0 Å². The Hall–Kier alpha value is -0.930. The van der Waals surface area contributed by atoms with E-state index in [1.807, 2.05) is 0 Å². The summed E-state index contributed by atoms with van der Waals surface area (Å²) in [4.78, 5) is 7.16. The van der Waals surface area contributed by atoms with Crippen molar-refractivity contribution in [2.45, 2.75) is 64.5 Å². The van der Waals surface area contributed by atoms with Crippen molar-refractivity contribution in [1.82, 2.24) is 15.2 Å². The van der Waals surface area contributed by atoms with Gasteiger partial charge in [0.15, 0.2) is 0 Å². The molecule has 1 aliphatic rings. The molecule has 0 aliphatic heterocycles. The summed E-state index contributed by atoms with van der Waals surface area (Å²) in [7, 11) is 2.14. The van der Waals surface area contributed by atoms with Gasteiger partial charge in [-0.15, -0.1) is 0 Å². The quantitative estimate of drug-likeness (QED) is 0.832. The third-order valence-electron chi connectivity index (χ3n) is 5.03. The Kier molecular flexibility index (Phi) is 6.19. The lowest BCUT2D eigenvalue weighted by molar-refractivity contribution is 0.181. The van der Waals surface area contributed by atoms with Crippen LogP contribution in [0, 0.1) is 6.92 Å². The molecule has 21 heavy (non-hydrogen) atoms. The predicted molar refractivity (Wildman–Crippen MR) is 89.4 cm³/mol. The minimum absolute atomic E-state index is 0.381. The molecule has 1 N–H and O–H groups in total. The minimum atomic E-state index is 0.381. The van der Waals surface area contributed by atoms with Crippen LogP contribution in [-0.2, 0) is 6.54 Å². The molecule has 0 saturated heterocycles. The zero-order chi connectivity index (χ0) is 15.1. The Balaban J connectivity index is 1.89. The molecule has 0 atom stereocenters. The first-order valence-corrected chi connectivity index (χ1v) is 8.51. The molecular formula is C18H31N3. The summed E-state index contributed by atoms with van der Waals surface area (Å²) in [5, 5.41) is 3.63. The highest BCUT2D eigenvalue weighted by molar-refractivity contribution is 5.09. The highest BCUT2D eigenvalue weighted by Gasteiger charge is 2.30. The van der Waals surface area contributed by atoms with E-state index in [1.54, 1.807) is 0 Å². The van der Waals surface area contributed by atoms with Crippen LogP contribution in [0.15, 0.2) is 18.2 Å². The third-order valence-corrected chi connectivity index (χ3v) is 5.03. The van der Waals surface area contributed by atoms with Crippen molar-refractivity contribution in [3.63, 3.8) is 0 Å². The minimum Gasteiger partial charge on any atom is -0.314 e. The molecule has 3 heteroatoms. The van der Waals surface area contributed by atoms with Gasteiger partial charge in [-0.3, -0.25) is 9.88 Å². The van der Waals surface area contributed by atoms with E-state index < -0.39 is 0 Å². The molecule has 1 heterocycles. The van der Waals surface area contributed by atoms with Crippen molar-refractivity contribution in [2.75, 3.05) is 20.1 Å². The second kappa shape index (κ2) is 7.90. The van der Waals surface area contributed by atoms with Crippen LogP contribution in [0.1, 0.15) is 56.8 Å². The molecule has 1 aromatic rings. The first kappa shape index (κ1) is 16.4. The molecule has 1 aromatic heterocycles. The topological polar surface area (TPSA) is 28.2 Å². The highest BCUT2D eigenvalue weighted by atomic mass is 15.1. The first-order valence-electron chi connectivity index (χ1n) is 8.51. The van der Waals surface area contributed by atoms with Crippen LogP contribution < -0.4 is 5.32 Å². The van der Waals surface area contributed by atoms with Crippen molar-refractivity contribution < 1.29 is 0 Å². The number of aromatic nitrogens is 1. The van der Waals surface area contributed by atoms with E-state index in [2.05, 4.69) is 54.3 Å². The van der Waals surface area contributed by atoms with Crippen LogP contribution in [0.5, 0.6) is 0 Å². The van der Waals surface area contributed by atoms with Gasteiger partial charge in [0.25, 0.3) is 0 Å². The van der Waals surface area contributed by atoms with E-state index in [-0.39, 0.29) is 0 Å². The molecule has 0 amide bonds. The smallest absolute Gasteiger partial charge is 0.0547 e. The van der Waals surface area contributed by atoms with E-state index in [0.717, 1.165) is 25.3 Å². The molecule has 0 radical (unpaired) electrons. The summed E-state index contributed by atoms with van der Waals surface area (Å²) >= 11 is 0. The maximum Gasteiger partial charge on any atom is 0.0547 e. The Bertz CT molecular complexity index is 424. The molecule has 3 nitrogen and oxygen atoms in total. The standard InChI is InChI=1S/C18H31N3/c1-4-21(15-17-10-8-9-16(2)20-17)14-13-18(19-3)11-6-5-7-12-18/h8-10,19H,4-7,11-15H2,1-3H3. The fourth-order valence-corrected chi connectivity index (χ4v) is 3.49. The van der Waals surface area contributed by atoms with Gasteiger partial charge in [0.05, 0.1) is 5.69 Å². The SMILES string of the molecule is CCN(CCC1(NC)CCCCC1)Cc1cccc(C)n1. The van der Waals surface area contributed by atoms with Gasteiger partial charge in [-0.1, -0.05) is 32.3 Å². The molecule has 1 fully saturated rings. The van der Waals surface area contributed by atoms with Crippen LogP contribution in [0.2, 0.25) is 0 Å². The number of aryl methyl sites for hydroxylation is 1. The lowest BCUT2D eigenvalue weighted by Crippen LogP contribution is -2.47. The van der Waals surface area contributed by atoms with Crippen molar-refractivity contribution in [3.05, 3.63) is 29.6 Å². The lowest BCUT2D eigenvalue weighted by Gasteiger charge is -2.38. The lowest BCUT2D eigenvalue weighted by atomic mass is 9.79. The summed E-state index contributed by atoms with van der Waals surface area (Å²) in [6, 6.07) is 6.32. The van der Waals surface area contributed by atoms with Crippen LogP contribution in [0.3, 0.4) is 0 Å². The van der Waals surface area contributed by atoms with Crippen LogP contribution in [0.4, 0.5) is 0 Å². The van der Waals surface area contributed by atoms with Crippen molar-refractivity contribution in [2.24, 2.45) is 0 Å². The van der Waals surface area contributed by atoms with Gasteiger partial charge in [0, 0.05) is 24.3 Å². The fourth-order valence-electron chi connectivity index (χ4n) is 3.49. The summed E-state index contributed by atoms with van der Waals surface area (Å²) in [5.74, 6) is 0. The summed E-state index contributed by atoms with van der Waals surface area (Å²) in [5.41, 5.74) is 2.69. The van der Waals surface area contributed by atoms with E-state index >= 15 is 0 Å². The molecular weight excluding hydrogens is 258 g/mol. The highest BCUT2D eigenvalue weighted by Crippen LogP contribution is 2.30. The van der Waals surface area contributed by atoms with Crippen LogP contribution >= 0.6 is 0 Å². The number of rotatable bonds is 7. The Morgan fingerprint density at radius 1 is 1.24 bits per heavy atom. The van der Waals surface area contributed by atoms with Gasteiger partial charge in [0.2, 0.25) is 0 Å². The molecule has 0 bridgehead atoms. The van der Waals surface area contributed by atoms with Gasteiger partial charge >= 0.3 is 0 Å². The van der Waals surface area contributed by atoms with Crippen molar-refractivity contribution in [1.29, 1.82) is 0 Å². The zero-order valence-corrected chi connectivity index (χ0v) is 14.0. The fraction of sp³-hybridized carbons (Fsp3) is 0.722. The second-order valence-electron chi connectivity index (χ2n) is 6.48. The molecule has 0 unspecified atom stereocenters. The van der Waals surface area contributed by atoms with E-state index in [1.165, 1.54) is 44.2 Å². The molecule has 1 saturated carbocycles. The predicted octanol–water partition coefficient (Wildman–Crippen LogP) is 3.52. The van der Waals surface area contributed by atoms with Crippen LogP contribution in [0.25, 0.3) is 0 Å². The van der Waals surface area contributed by atoms with Gasteiger partial charge in [-0.2, -0.15) is 0 Å². The number of hydrogen-bond donors (Lipinski definition) is 1. The van der Waals surface area contributed by atoms with E-state index in [9.17, 15) is 0 Å². The molecule has 2 rings (SSSR count). The van der Waals surface area contributed by atoms with Gasteiger partial charge < -0.3 is 5.32 Å². The molecule has 118 valence electrons. The Morgan fingerprint density at radius 2 is 2.00 bits per heavy atom. The van der Waals surface area contributed by atoms with E-state index in [4.69, 9.17) is 0 Å². The molecule has 0 spiro atoms. The van der Waals surface area contributed by atoms with E-state index in [0.29, 0.717) is 5.54 Å². The molecule has 0 aromatic carbocycles. The number of nitrogens with zero attached hydrogens (tertiary/aromatic N) is 2. The average Bonchev–Trinajstić information content (AvgIpc) is 2.52. The largest absolute Gasteiger partial charge is 0.314 e. The zero-order valence-electron chi connectivity index (χ0n) is 14.0. The third kappa shape index (κ3) is 4.79. The number of hydrogen-bond acceptors (Lipinski definition) is 3. The van der Waals surface area contributed by atoms with Crippen LogP contribution in [-0.4, -0.2) is 35.6 Å². The maximum atomic E-state index is 4.64. The second-order valence-corrected chi connectivity index (χ2v) is 6.48. The average molecular weight is 289 g/mol. The van der Waals surface area contributed by atoms with Crippen molar-refractivity contribution in [3.8, 4) is 0 Å². The van der Waals surface area contributed by atoms with Gasteiger partial charge in [-0.25, -0.2) is 0 Å².